The SMILES string of the molecule is CC1=C(C(=O)Nc2ccccc2)C(c2ccc(O)cc2)C(C(=O)Nc2ccccc2)=C(C)N1. The summed E-state index contributed by atoms with van der Waals surface area (Å²) >= 11 is 0. The third-order valence-electron chi connectivity index (χ3n) is 5.54. The Morgan fingerprint density at radius 1 is 0.697 bits per heavy atom. The van der Waals surface area contributed by atoms with Gasteiger partial charge < -0.3 is 21.1 Å². The molecule has 0 aromatic heterocycles. The first-order valence-electron chi connectivity index (χ1n) is 10.6. The van der Waals surface area contributed by atoms with Crippen molar-refractivity contribution in [2.45, 2.75) is 19.8 Å². The molecular formula is C27H25N3O3. The predicted molar refractivity (Wildman–Crippen MR) is 130 cm³/mol. The summed E-state index contributed by atoms with van der Waals surface area (Å²) in [5.74, 6) is -1.12. The number of allylic oxidation sites excluding steroid dienone is 2. The number of hydrogen-bond donors (Lipinski definition) is 4. The fourth-order valence-electron chi connectivity index (χ4n) is 4.04. The van der Waals surface area contributed by atoms with Gasteiger partial charge in [-0.3, -0.25) is 9.59 Å². The highest BCUT2D eigenvalue weighted by atomic mass is 16.3. The van der Waals surface area contributed by atoms with Crippen LogP contribution in [0.2, 0.25) is 0 Å². The molecule has 0 atom stereocenters. The van der Waals surface area contributed by atoms with E-state index < -0.39 is 5.92 Å². The lowest BCUT2D eigenvalue weighted by Gasteiger charge is -2.31. The summed E-state index contributed by atoms with van der Waals surface area (Å²) in [7, 11) is 0. The number of carbonyl (C=O) groups is 2. The number of para-hydroxylation sites is 2. The number of phenols is 1. The van der Waals surface area contributed by atoms with E-state index in [4.69, 9.17) is 0 Å². The molecule has 166 valence electrons. The van der Waals surface area contributed by atoms with Gasteiger partial charge in [-0.25, -0.2) is 0 Å². The van der Waals surface area contributed by atoms with Crippen LogP contribution in [0.3, 0.4) is 0 Å². The molecule has 0 saturated carbocycles. The standard InChI is InChI=1S/C27H25N3O3/c1-17-23(26(32)29-20-9-5-3-6-10-20)25(19-13-15-22(31)16-14-19)24(18(2)28-17)27(33)30-21-11-7-4-8-12-21/h3-16,25,28,31H,1-2H3,(H,29,32)(H,30,33). The lowest BCUT2D eigenvalue weighted by atomic mass is 9.79. The number of phenolic OH excluding ortho intramolecular Hbond substituents is 1. The summed E-state index contributed by atoms with van der Waals surface area (Å²) in [6, 6.07) is 24.9. The van der Waals surface area contributed by atoms with Crippen molar-refractivity contribution in [1.29, 1.82) is 0 Å². The van der Waals surface area contributed by atoms with Crippen molar-refractivity contribution in [1.82, 2.24) is 5.32 Å². The largest absolute Gasteiger partial charge is 0.508 e. The summed E-state index contributed by atoms with van der Waals surface area (Å²) in [5, 5.41) is 18.9. The topological polar surface area (TPSA) is 90.5 Å². The minimum atomic E-state index is -0.626. The van der Waals surface area contributed by atoms with E-state index in [9.17, 15) is 14.7 Å². The zero-order valence-corrected chi connectivity index (χ0v) is 18.4. The molecule has 1 heterocycles. The molecule has 2 amide bonds. The van der Waals surface area contributed by atoms with E-state index >= 15 is 0 Å². The number of benzene rings is 3. The van der Waals surface area contributed by atoms with Crippen LogP contribution in [0.4, 0.5) is 11.4 Å². The lowest BCUT2D eigenvalue weighted by molar-refractivity contribution is -0.113. The minimum absolute atomic E-state index is 0.111. The van der Waals surface area contributed by atoms with Crippen LogP contribution in [0.25, 0.3) is 0 Å². The summed E-state index contributed by atoms with van der Waals surface area (Å²) < 4.78 is 0. The first-order valence-corrected chi connectivity index (χ1v) is 10.6. The number of rotatable bonds is 5. The molecule has 6 nitrogen and oxygen atoms in total. The summed E-state index contributed by atoms with van der Waals surface area (Å²) in [4.78, 5) is 26.9. The van der Waals surface area contributed by atoms with E-state index in [1.165, 1.54) is 0 Å². The monoisotopic (exact) mass is 439 g/mol. The first kappa shape index (κ1) is 21.9. The van der Waals surface area contributed by atoms with Crippen molar-refractivity contribution in [2.75, 3.05) is 10.6 Å². The van der Waals surface area contributed by atoms with Gasteiger partial charge in [0, 0.05) is 39.8 Å². The van der Waals surface area contributed by atoms with E-state index in [1.807, 2.05) is 74.5 Å². The van der Waals surface area contributed by atoms with Gasteiger partial charge in [0.15, 0.2) is 0 Å². The Kier molecular flexibility index (Phi) is 6.26. The van der Waals surface area contributed by atoms with Gasteiger partial charge >= 0.3 is 0 Å². The molecular weight excluding hydrogens is 414 g/mol. The van der Waals surface area contributed by atoms with Gasteiger partial charge in [-0.15, -0.1) is 0 Å². The number of carbonyl (C=O) groups excluding carboxylic acids is 2. The van der Waals surface area contributed by atoms with Crippen LogP contribution in [-0.4, -0.2) is 16.9 Å². The zero-order valence-electron chi connectivity index (χ0n) is 18.4. The number of dihydropyridines is 1. The highest BCUT2D eigenvalue weighted by molar-refractivity contribution is 6.11. The Morgan fingerprint density at radius 2 is 1.12 bits per heavy atom. The Morgan fingerprint density at radius 3 is 1.55 bits per heavy atom. The van der Waals surface area contributed by atoms with Crippen LogP contribution in [0.5, 0.6) is 5.75 Å². The second-order valence-corrected chi connectivity index (χ2v) is 7.87. The molecule has 4 N–H and O–H groups in total. The van der Waals surface area contributed by atoms with E-state index in [-0.39, 0.29) is 17.6 Å². The smallest absolute Gasteiger partial charge is 0.254 e. The van der Waals surface area contributed by atoms with Crippen LogP contribution < -0.4 is 16.0 Å². The van der Waals surface area contributed by atoms with Gasteiger partial charge in [-0.2, -0.15) is 0 Å². The fraction of sp³-hybridized carbons (Fsp3) is 0.111. The number of anilines is 2. The minimum Gasteiger partial charge on any atom is -0.508 e. The van der Waals surface area contributed by atoms with E-state index in [0.29, 0.717) is 33.9 Å². The van der Waals surface area contributed by atoms with Gasteiger partial charge in [0.2, 0.25) is 0 Å². The maximum absolute atomic E-state index is 13.4. The van der Waals surface area contributed by atoms with Gasteiger partial charge in [-0.05, 0) is 55.8 Å². The molecule has 4 rings (SSSR count). The Bertz CT molecular complexity index is 1160. The number of amides is 2. The van der Waals surface area contributed by atoms with Crippen LogP contribution in [0.15, 0.2) is 107 Å². The molecule has 1 aliphatic heterocycles. The molecule has 0 saturated heterocycles. The predicted octanol–water partition coefficient (Wildman–Crippen LogP) is 4.90. The quantitative estimate of drug-likeness (QED) is 0.455. The molecule has 0 bridgehead atoms. The Hall–Kier alpha value is -4.32. The zero-order chi connectivity index (χ0) is 23.4. The van der Waals surface area contributed by atoms with Gasteiger partial charge in [-0.1, -0.05) is 48.5 Å². The Labute approximate surface area is 192 Å². The molecule has 0 spiro atoms. The number of hydrogen-bond acceptors (Lipinski definition) is 4. The van der Waals surface area contributed by atoms with E-state index in [2.05, 4.69) is 16.0 Å². The maximum Gasteiger partial charge on any atom is 0.254 e. The lowest BCUT2D eigenvalue weighted by Crippen LogP contribution is -2.35. The normalized spacial score (nSPS) is 14.0. The van der Waals surface area contributed by atoms with Gasteiger partial charge in [0.25, 0.3) is 11.8 Å². The van der Waals surface area contributed by atoms with Crippen LogP contribution >= 0.6 is 0 Å². The van der Waals surface area contributed by atoms with Crippen LogP contribution in [0, 0.1) is 0 Å². The Balaban J connectivity index is 1.76. The molecule has 3 aromatic carbocycles. The highest BCUT2D eigenvalue weighted by Gasteiger charge is 2.36. The average Bonchev–Trinajstić information content (AvgIpc) is 2.80. The summed E-state index contributed by atoms with van der Waals surface area (Å²) in [6.45, 7) is 3.64. The van der Waals surface area contributed by atoms with Crippen molar-refractivity contribution in [2.24, 2.45) is 0 Å². The van der Waals surface area contributed by atoms with Crippen LogP contribution in [0.1, 0.15) is 25.3 Å². The van der Waals surface area contributed by atoms with Gasteiger partial charge in [0.05, 0.1) is 0 Å². The number of nitrogens with one attached hydrogen (secondary N) is 3. The molecule has 0 unspecified atom stereocenters. The van der Waals surface area contributed by atoms with Crippen molar-refractivity contribution in [3.05, 3.63) is 113 Å². The summed E-state index contributed by atoms with van der Waals surface area (Å²) in [5.41, 5.74) is 4.25. The van der Waals surface area contributed by atoms with E-state index in [1.54, 1.807) is 24.3 Å². The molecule has 33 heavy (non-hydrogen) atoms. The summed E-state index contributed by atoms with van der Waals surface area (Å²) in [6.07, 6.45) is 0. The highest BCUT2D eigenvalue weighted by Crippen LogP contribution is 2.39. The van der Waals surface area contributed by atoms with Crippen LogP contribution in [-0.2, 0) is 9.59 Å². The van der Waals surface area contributed by atoms with E-state index in [0.717, 1.165) is 5.56 Å². The third-order valence-corrected chi connectivity index (χ3v) is 5.54. The van der Waals surface area contributed by atoms with Crippen molar-refractivity contribution in [3.8, 4) is 5.75 Å². The van der Waals surface area contributed by atoms with Crippen molar-refractivity contribution >= 4 is 23.2 Å². The number of aromatic hydroxyl groups is 1. The van der Waals surface area contributed by atoms with Crippen molar-refractivity contribution in [3.63, 3.8) is 0 Å². The molecule has 0 fully saturated rings. The third kappa shape index (κ3) is 4.80. The second-order valence-electron chi connectivity index (χ2n) is 7.87. The molecule has 3 aromatic rings. The molecule has 1 aliphatic rings. The average molecular weight is 440 g/mol. The fourth-order valence-corrected chi connectivity index (χ4v) is 4.04. The molecule has 0 radical (unpaired) electrons. The van der Waals surface area contributed by atoms with Gasteiger partial charge in [0.1, 0.15) is 5.75 Å². The molecule has 6 heteroatoms. The maximum atomic E-state index is 13.4. The molecule has 0 aliphatic carbocycles. The van der Waals surface area contributed by atoms with Crippen molar-refractivity contribution < 1.29 is 14.7 Å². The second kappa shape index (κ2) is 9.44. The first-order chi connectivity index (χ1) is 15.9.